The van der Waals surface area contributed by atoms with Crippen LogP contribution in [0.25, 0.3) is 0 Å². The van der Waals surface area contributed by atoms with Crippen LogP contribution in [-0.2, 0) is 16.6 Å². The van der Waals surface area contributed by atoms with Crippen LogP contribution in [0.2, 0.25) is 0 Å². The highest BCUT2D eigenvalue weighted by atomic mass is 32.2. The molecular formula is C6H10N4O2S. The van der Waals surface area contributed by atoms with Crippen molar-refractivity contribution in [3.8, 4) is 0 Å². The number of nitrogens with one attached hydrogen (secondary N) is 1. The van der Waals surface area contributed by atoms with Crippen molar-refractivity contribution < 1.29 is 8.42 Å². The second-order valence-corrected chi connectivity index (χ2v) is 4.22. The molecule has 1 aromatic heterocycles. The Kier molecular flexibility index (Phi) is 2.79. The lowest BCUT2D eigenvalue weighted by molar-refractivity contribution is 0.606. The number of sulfonamides is 1. The summed E-state index contributed by atoms with van der Waals surface area (Å²) in [7, 11) is -3.31. The minimum Gasteiger partial charge on any atom is -0.326 e. The molecule has 0 atom stereocenters. The van der Waals surface area contributed by atoms with E-state index in [0.29, 0.717) is 5.56 Å². The number of hydrogen-bond acceptors (Lipinski definition) is 5. The quantitative estimate of drug-likeness (QED) is 0.675. The summed E-state index contributed by atoms with van der Waals surface area (Å²) in [5.74, 6) is 0.236. The van der Waals surface area contributed by atoms with Gasteiger partial charge in [0, 0.05) is 18.3 Å². The van der Waals surface area contributed by atoms with Crippen molar-refractivity contribution in [2.45, 2.75) is 6.54 Å². The van der Waals surface area contributed by atoms with Gasteiger partial charge in [-0.3, -0.25) is 4.72 Å². The average molecular weight is 202 g/mol. The molecule has 13 heavy (non-hydrogen) atoms. The second kappa shape index (κ2) is 3.67. The van der Waals surface area contributed by atoms with E-state index < -0.39 is 10.0 Å². The SMILES string of the molecule is CS(=O)(=O)Nc1ncncc1CN. The highest BCUT2D eigenvalue weighted by Crippen LogP contribution is 2.09. The molecule has 0 aliphatic heterocycles. The number of hydrogen-bond donors (Lipinski definition) is 2. The average Bonchev–Trinajstić information content (AvgIpc) is 2.02. The molecule has 0 amide bonds. The molecule has 1 rings (SSSR count). The largest absolute Gasteiger partial charge is 0.326 e. The topological polar surface area (TPSA) is 98.0 Å². The Balaban J connectivity index is 3.01. The molecule has 3 N–H and O–H groups in total. The molecule has 0 fully saturated rings. The zero-order chi connectivity index (χ0) is 9.90. The lowest BCUT2D eigenvalue weighted by atomic mass is 10.3. The molecule has 0 spiro atoms. The molecule has 0 bridgehead atoms. The zero-order valence-electron chi connectivity index (χ0n) is 7.06. The summed E-state index contributed by atoms with van der Waals surface area (Å²) < 4.78 is 24.0. The summed E-state index contributed by atoms with van der Waals surface area (Å²) in [5, 5.41) is 0. The fraction of sp³-hybridized carbons (Fsp3) is 0.333. The van der Waals surface area contributed by atoms with Crippen LogP contribution in [0.1, 0.15) is 5.56 Å². The molecule has 0 aromatic carbocycles. The van der Waals surface area contributed by atoms with E-state index in [1.807, 2.05) is 0 Å². The van der Waals surface area contributed by atoms with E-state index in [9.17, 15) is 8.42 Å². The molecule has 72 valence electrons. The van der Waals surface area contributed by atoms with E-state index >= 15 is 0 Å². The number of anilines is 1. The van der Waals surface area contributed by atoms with Crippen molar-refractivity contribution in [1.29, 1.82) is 0 Å². The summed E-state index contributed by atoms with van der Waals surface area (Å²) in [4.78, 5) is 7.47. The Labute approximate surface area is 76.3 Å². The maximum Gasteiger partial charge on any atom is 0.230 e. The highest BCUT2D eigenvalue weighted by molar-refractivity contribution is 7.92. The smallest absolute Gasteiger partial charge is 0.230 e. The van der Waals surface area contributed by atoms with Crippen LogP contribution in [0.15, 0.2) is 12.5 Å². The molecule has 0 unspecified atom stereocenters. The summed E-state index contributed by atoms with van der Waals surface area (Å²) >= 11 is 0. The Morgan fingerprint density at radius 2 is 2.31 bits per heavy atom. The van der Waals surface area contributed by atoms with Gasteiger partial charge in [-0.15, -0.1) is 0 Å². The van der Waals surface area contributed by atoms with Gasteiger partial charge in [-0.05, 0) is 0 Å². The fourth-order valence-electron chi connectivity index (χ4n) is 0.775. The Morgan fingerprint density at radius 3 is 2.85 bits per heavy atom. The third kappa shape index (κ3) is 2.96. The summed E-state index contributed by atoms with van der Waals surface area (Å²) in [6.45, 7) is 0.193. The predicted molar refractivity (Wildman–Crippen MR) is 48.4 cm³/mol. The van der Waals surface area contributed by atoms with E-state index in [-0.39, 0.29) is 12.4 Å². The van der Waals surface area contributed by atoms with E-state index in [1.165, 1.54) is 12.5 Å². The van der Waals surface area contributed by atoms with Gasteiger partial charge < -0.3 is 5.73 Å². The van der Waals surface area contributed by atoms with Crippen molar-refractivity contribution in [2.24, 2.45) is 5.73 Å². The van der Waals surface area contributed by atoms with Crippen molar-refractivity contribution in [1.82, 2.24) is 9.97 Å². The number of aromatic nitrogens is 2. The predicted octanol–water partition coefficient (Wildman–Crippen LogP) is -0.693. The van der Waals surface area contributed by atoms with Crippen molar-refractivity contribution in [2.75, 3.05) is 11.0 Å². The Morgan fingerprint density at radius 1 is 1.62 bits per heavy atom. The van der Waals surface area contributed by atoms with E-state index in [4.69, 9.17) is 5.73 Å². The zero-order valence-corrected chi connectivity index (χ0v) is 7.87. The van der Waals surface area contributed by atoms with Crippen LogP contribution in [0.3, 0.4) is 0 Å². The Bertz CT molecular complexity index is 389. The molecule has 0 aliphatic rings. The van der Waals surface area contributed by atoms with Gasteiger partial charge in [-0.25, -0.2) is 18.4 Å². The van der Waals surface area contributed by atoms with Crippen LogP contribution in [-0.4, -0.2) is 24.6 Å². The fourth-order valence-corrected chi connectivity index (χ4v) is 1.31. The molecule has 6 nitrogen and oxygen atoms in total. The van der Waals surface area contributed by atoms with Crippen LogP contribution < -0.4 is 10.5 Å². The molecular weight excluding hydrogens is 192 g/mol. The lowest BCUT2D eigenvalue weighted by Crippen LogP contribution is -2.14. The van der Waals surface area contributed by atoms with Gasteiger partial charge in [0.15, 0.2) is 0 Å². The first-order valence-corrected chi connectivity index (χ1v) is 5.39. The van der Waals surface area contributed by atoms with Gasteiger partial charge in [-0.1, -0.05) is 0 Å². The normalized spacial score (nSPS) is 11.2. The standard InChI is InChI=1S/C6H10N4O2S/c1-13(11,12)10-6-5(2-7)3-8-4-9-6/h3-4H,2,7H2,1H3,(H,8,9,10). The molecule has 7 heteroatoms. The van der Waals surface area contributed by atoms with Gasteiger partial charge in [-0.2, -0.15) is 0 Å². The third-order valence-corrected chi connectivity index (χ3v) is 1.85. The first kappa shape index (κ1) is 9.87. The van der Waals surface area contributed by atoms with Gasteiger partial charge in [0.1, 0.15) is 12.1 Å². The van der Waals surface area contributed by atoms with Gasteiger partial charge in [0.25, 0.3) is 0 Å². The molecule has 1 heterocycles. The summed E-state index contributed by atoms with van der Waals surface area (Å²) in [5.41, 5.74) is 5.92. The first-order valence-electron chi connectivity index (χ1n) is 3.49. The highest BCUT2D eigenvalue weighted by Gasteiger charge is 2.06. The molecule has 0 saturated heterocycles. The van der Waals surface area contributed by atoms with Crippen molar-refractivity contribution in [3.05, 3.63) is 18.1 Å². The summed E-state index contributed by atoms with van der Waals surface area (Å²) in [6, 6.07) is 0. The van der Waals surface area contributed by atoms with Crippen LogP contribution in [0.4, 0.5) is 5.82 Å². The van der Waals surface area contributed by atoms with Gasteiger partial charge >= 0.3 is 0 Å². The monoisotopic (exact) mass is 202 g/mol. The molecule has 0 aliphatic carbocycles. The minimum absolute atomic E-state index is 0.193. The van der Waals surface area contributed by atoms with Crippen molar-refractivity contribution >= 4 is 15.8 Å². The first-order chi connectivity index (χ1) is 6.03. The Hall–Kier alpha value is -1.21. The number of rotatable bonds is 3. The molecule has 0 saturated carbocycles. The molecule has 0 radical (unpaired) electrons. The van der Waals surface area contributed by atoms with Gasteiger partial charge in [0.05, 0.1) is 6.26 Å². The van der Waals surface area contributed by atoms with Crippen LogP contribution in [0.5, 0.6) is 0 Å². The van der Waals surface area contributed by atoms with E-state index in [1.54, 1.807) is 0 Å². The number of nitrogens with two attached hydrogens (primary N) is 1. The molecule has 1 aromatic rings. The number of nitrogens with zero attached hydrogens (tertiary/aromatic N) is 2. The van der Waals surface area contributed by atoms with Crippen molar-refractivity contribution in [3.63, 3.8) is 0 Å². The van der Waals surface area contributed by atoms with Gasteiger partial charge in [0.2, 0.25) is 10.0 Å². The summed E-state index contributed by atoms with van der Waals surface area (Å²) in [6.07, 6.45) is 3.78. The second-order valence-electron chi connectivity index (χ2n) is 2.47. The minimum atomic E-state index is -3.31. The van der Waals surface area contributed by atoms with Crippen LogP contribution in [0, 0.1) is 0 Å². The maximum absolute atomic E-state index is 10.9. The van der Waals surface area contributed by atoms with E-state index in [0.717, 1.165) is 6.26 Å². The maximum atomic E-state index is 10.9. The lowest BCUT2D eigenvalue weighted by Gasteiger charge is -2.05. The van der Waals surface area contributed by atoms with E-state index in [2.05, 4.69) is 14.7 Å². The van der Waals surface area contributed by atoms with Crippen LogP contribution >= 0.6 is 0 Å². The third-order valence-electron chi connectivity index (χ3n) is 1.29.